The molecule has 3 aromatic rings. The molecule has 2 aromatic heterocycles. The van der Waals surface area contributed by atoms with Gasteiger partial charge in [0, 0.05) is 23.2 Å². The fourth-order valence-electron chi connectivity index (χ4n) is 3.12. The molecule has 0 bridgehead atoms. The highest BCUT2D eigenvalue weighted by Crippen LogP contribution is 2.40. The van der Waals surface area contributed by atoms with E-state index in [0.717, 1.165) is 39.9 Å². The van der Waals surface area contributed by atoms with Gasteiger partial charge in [0.05, 0.1) is 17.1 Å². The van der Waals surface area contributed by atoms with Gasteiger partial charge < -0.3 is 9.72 Å². The fraction of sp³-hybridized carbons (Fsp3) is 0.176. The maximum atomic E-state index is 11.3. The van der Waals surface area contributed by atoms with Gasteiger partial charge in [-0.1, -0.05) is 12.1 Å². The van der Waals surface area contributed by atoms with Crippen molar-refractivity contribution >= 4 is 33.2 Å². The molecule has 1 N–H and O–H groups in total. The molecule has 1 aliphatic carbocycles. The van der Waals surface area contributed by atoms with E-state index < -0.39 is 0 Å². The van der Waals surface area contributed by atoms with Crippen LogP contribution >= 0.6 is 15.9 Å². The van der Waals surface area contributed by atoms with E-state index in [1.54, 1.807) is 0 Å². The zero-order chi connectivity index (χ0) is 15.3. The van der Waals surface area contributed by atoms with Crippen molar-refractivity contribution in [1.82, 2.24) is 9.38 Å². The standard InChI is InChI=1S/C17H14BrN3O/c1-10(22)19-13-7-5-12-11(16(13)18)6-8-14-17(12)20-15-4-2-3-9-21(14)15/h2-5,7,9H,6,8H2,1H3,(H,19,22). The molecule has 5 heteroatoms. The van der Waals surface area contributed by atoms with Crippen LogP contribution in [0.25, 0.3) is 16.9 Å². The van der Waals surface area contributed by atoms with E-state index in [2.05, 4.69) is 37.9 Å². The summed E-state index contributed by atoms with van der Waals surface area (Å²) in [5.74, 6) is -0.0649. The summed E-state index contributed by atoms with van der Waals surface area (Å²) in [6, 6.07) is 10.0. The van der Waals surface area contributed by atoms with Crippen LogP contribution in [0, 0.1) is 0 Å². The molecule has 0 fully saturated rings. The van der Waals surface area contributed by atoms with Crippen LogP contribution in [0.2, 0.25) is 0 Å². The Kier molecular flexibility index (Phi) is 3.04. The van der Waals surface area contributed by atoms with Crippen molar-refractivity contribution in [3.8, 4) is 11.3 Å². The van der Waals surface area contributed by atoms with Gasteiger partial charge in [-0.3, -0.25) is 4.79 Å². The number of halogens is 1. The number of anilines is 1. The Balaban J connectivity index is 1.92. The van der Waals surface area contributed by atoms with Crippen LogP contribution in [0.5, 0.6) is 0 Å². The Hall–Kier alpha value is -2.14. The van der Waals surface area contributed by atoms with Crippen molar-refractivity contribution in [3.05, 3.63) is 52.3 Å². The first-order valence-electron chi connectivity index (χ1n) is 7.20. The average Bonchev–Trinajstić information content (AvgIpc) is 2.88. The van der Waals surface area contributed by atoms with E-state index in [0.29, 0.717) is 0 Å². The van der Waals surface area contributed by atoms with Crippen molar-refractivity contribution in [2.24, 2.45) is 0 Å². The molecule has 4 nitrogen and oxygen atoms in total. The Bertz CT molecular complexity index is 914. The van der Waals surface area contributed by atoms with E-state index in [1.807, 2.05) is 24.3 Å². The van der Waals surface area contributed by atoms with Gasteiger partial charge in [-0.2, -0.15) is 0 Å². The van der Waals surface area contributed by atoms with Crippen LogP contribution in [0.15, 0.2) is 41.0 Å². The summed E-state index contributed by atoms with van der Waals surface area (Å²) in [4.78, 5) is 16.1. The Labute approximate surface area is 136 Å². The summed E-state index contributed by atoms with van der Waals surface area (Å²) < 4.78 is 3.12. The first-order chi connectivity index (χ1) is 10.6. The third-order valence-electron chi connectivity index (χ3n) is 4.05. The molecule has 0 aliphatic heterocycles. The van der Waals surface area contributed by atoms with E-state index in [-0.39, 0.29) is 5.91 Å². The summed E-state index contributed by atoms with van der Waals surface area (Å²) in [6.45, 7) is 1.52. The summed E-state index contributed by atoms with van der Waals surface area (Å²) >= 11 is 3.64. The van der Waals surface area contributed by atoms with Gasteiger partial charge in [-0.05, 0) is 52.5 Å². The van der Waals surface area contributed by atoms with Crippen molar-refractivity contribution in [2.45, 2.75) is 19.8 Å². The molecular formula is C17H14BrN3O. The molecule has 0 saturated heterocycles. The number of hydrogen-bond acceptors (Lipinski definition) is 2. The molecule has 1 amide bonds. The molecule has 0 unspecified atom stereocenters. The molecule has 0 saturated carbocycles. The van der Waals surface area contributed by atoms with Crippen molar-refractivity contribution in [3.63, 3.8) is 0 Å². The van der Waals surface area contributed by atoms with E-state index in [9.17, 15) is 4.79 Å². The molecule has 1 aromatic carbocycles. The fourth-order valence-corrected chi connectivity index (χ4v) is 3.76. The van der Waals surface area contributed by atoms with Crippen LogP contribution in [0.1, 0.15) is 18.2 Å². The number of amides is 1. The SMILES string of the molecule is CC(=O)Nc1ccc2c(c1Br)CCc1c-2nc2ccccn12. The number of rotatable bonds is 1. The van der Waals surface area contributed by atoms with Crippen LogP contribution in [0.3, 0.4) is 0 Å². The molecular weight excluding hydrogens is 342 g/mol. The molecule has 2 heterocycles. The van der Waals surface area contributed by atoms with Crippen LogP contribution in [-0.2, 0) is 17.6 Å². The number of carbonyl (C=O) groups is 1. The Morgan fingerprint density at radius 3 is 2.95 bits per heavy atom. The van der Waals surface area contributed by atoms with Crippen LogP contribution < -0.4 is 5.32 Å². The number of pyridine rings is 1. The second kappa shape index (κ2) is 4.95. The lowest BCUT2D eigenvalue weighted by Gasteiger charge is -2.19. The average molecular weight is 356 g/mol. The van der Waals surface area contributed by atoms with Crippen LogP contribution in [0.4, 0.5) is 5.69 Å². The third-order valence-corrected chi connectivity index (χ3v) is 4.96. The second-order valence-corrected chi connectivity index (χ2v) is 6.26. The van der Waals surface area contributed by atoms with Crippen LogP contribution in [-0.4, -0.2) is 15.3 Å². The lowest BCUT2D eigenvalue weighted by atomic mass is 9.92. The van der Waals surface area contributed by atoms with Gasteiger partial charge in [0.25, 0.3) is 0 Å². The van der Waals surface area contributed by atoms with Crippen molar-refractivity contribution in [2.75, 3.05) is 5.32 Å². The zero-order valence-corrected chi connectivity index (χ0v) is 13.6. The first kappa shape index (κ1) is 13.5. The minimum absolute atomic E-state index is 0.0649. The quantitative estimate of drug-likeness (QED) is 0.721. The largest absolute Gasteiger partial charge is 0.325 e. The summed E-state index contributed by atoms with van der Waals surface area (Å²) in [5, 5.41) is 2.86. The van der Waals surface area contributed by atoms with E-state index in [1.165, 1.54) is 18.2 Å². The Morgan fingerprint density at radius 2 is 2.14 bits per heavy atom. The normalized spacial score (nSPS) is 12.8. The van der Waals surface area contributed by atoms with Crippen molar-refractivity contribution < 1.29 is 4.79 Å². The molecule has 110 valence electrons. The van der Waals surface area contributed by atoms with Crippen molar-refractivity contribution in [1.29, 1.82) is 0 Å². The molecule has 0 radical (unpaired) electrons. The number of imidazole rings is 1. The highest BCUT2D eigenvalue weighted by molar-refractivity contribution is 9.10. The predicted octanol–water partition coefficient (Wildman–Crippen LogP) is 3.82. The molecule has 22 heavy (non-hydrogen) atoms. The number of aromatic nitrogens is 2. The minimum Gasteiger partial charge on any atom is -0.325 e. The number of carbonyl (C=O) groups excluding carboxylic acids is 1. The van der Waals surface area contributed by atoms with E-state index >= 15 is 0 Å². The van der Waals surface area contributed by atoms with Gasteiger partial charge in [0.1, 0.15) is 5.65 Å². The number of nitrogens with one attached hydrogen (secondary N) is 1. The highest BCUT2D eigenvalue weighted by atomic mass is 79.9. The first-order valence-corrected chi connectivity index (χ1v) is 8.00. The predicted molar refractivity (Wildman–Crippen MR) is 90.0 cm³/mol. The molecule has 4 rings (SSSR count). The number of nitrogens with zero attached hydrogens (tertiary/aromatic N) is 2. The lowest BCUT2D eigenvalue weighted by Crippen LogP contribution is -2.10. The summed E-state index contributed by atoms with van der Waals surface area (Å²) in [7, 11) is 0. The van der Waals surface area contributed by atoms with Gasteiger partial charge in [0.15, 0.2) is 0 Å². The second-order valence-electron chi connectivity index (χ2n) is 5.47. The lowest BCUT2D eigenvalue weighted by molar-refractivity contribution is -0.114. The number of benzene rings is 1. The van der Waals surface area contributed by atoms with Gasteiger partial charge in [-0.15, -0.1) is 0 Å². The topological polar surface area (TPSA) is 46.4 Å². The van der Waals surface area contributed by atoms with Gasteiger partial charge in [0.2, 0.25) is 5.91 Å². The molecule has 0 spiro atoms. The monoisotopic (exact) mass is 355 g/mol. The smallest absolute Gasteiger partial charge is 0.221 e. The number of fused-ring (bicyclic) bond motifs is 5. The minimum atomic E-state index is -0.0649. The summed E-state index contributed by atoms with van der Waals surface area (Å²) in [6.07, 6.45) is 3.93. The number of hydrogen-bond donors (Lipinski definition) is 1. The summed E-state index contributed by atoms with van der Waals surface area (Å²) in [5.41, 5.74) is 6.44. The maximum absolute atomic E-state index is 11.3. The third kappa shape index (κ3) is 1.96. The van der Waals surface area contributed by atoms with E-state index in [4.69, 9.17) is 4.98 Å². The Morgan fingerprint density at radius 1 is 1.27 bits per heavy atom. The van der Waals surface area contributed by atoms with Gasteiger partial charge >= 0.3 is 0 Å². The molecule has 1 aliphatic rings. The van der Waals surface area contributed by atoms with Gasteiger partial charge in [-0.25, -0.2) is 4.98 Å². The number of aryl methyl sites for hydroxylation is 1. The highest BCUT2D eigenvalue weighted by Gasteiger charge is 2.24. The maximum Gasteiger partial charge on any atom is 0.221 e. The zero-order valence-electron chi connectivity index (χ0n) is 12.1. The molecule has 0 atom stereocenters.